The van der Waals surface area contributed by atoms with Crippen molar-refractivity contribution in [2.45, 2.75) is 25.3 Å². The van der Waals surface area contributed by atoms with Crippen LogP contribution in [-0.4, -0.2) is 23.6 Å². The molecule has 3 N–H and O–H groups in total. The van der Waals surface area contributed by atoms with E-state index in [-0.39, 0.29) is 18.4 Å². The van der Waals surface area contributed by atoms with Crippen LogP contribution in [0.3, 0.4) is 0 Å². The number of carboxylic acids is 1. The molecule has 0 aromatic heterocycles. The first kappa shape index (κ1) is 13.5. The minimum atomic E-state index is -0.858. The van der Waals surface area contributed by atoms with Crippen molar-refractivity contribution in [2.75, 3.05) is 11.7 Å². The van der Waals surface area contributed by atoms with Crippen molar-refractivity contribution in [1.82, 2.24) is 0 Å². The van der Waals surface area contributed by atoms with E-state index in [1.54, 1.807) is 24.3 Å². The molecule has 6 nitrogen and oxygen atoms in total. The van der Waals surface area contributed by atoms with Crippen LogP contribution < -0.4 is 10.8 Å². The topological polar surface area (TPSA) is 92.9 Å². The third kappa shape index (κ3) is 3.30. The van der Waals surface area contributed by atoms with E-state index in [1.807, 2.05) is 0 Å². The van der Waals surface area contributed by atoms with Crippen molar-refractivity contribution in [3.8, 4) is 0 Å². The molecule has 1 saturated heterocycles. The molecule has 1 aromatic carbocycles. The summed E-state index contributed by atoms with van der Waals surface area (Å²) in [5.41, 5.74) is 7.41. The summed E-state index contributed by atoms with van der Waals surface area (Å²) < 4.78 is 0. The quantitative estimate of drug-likeness (QED) is 0.834. The number of nitrogens with two attached hydrogens (primary N) is 1. The maximum absolute atomic E-state index is 11.5. The smallest absolute Gasteiger partial charge is 0.303 e. The lowest BCUT2D eigenvalue weighted by Crippen LogP contribution is -2.22. The number of rotatable bonds is 5. The average molecular weight is 264 g/mol. The van der Waals surface area contributed by atoms with Crippen LogP contribution in [0.15, 0.2) is 24.3 Å². The largest absolute Gasteiger partial charge is 0.481 e. The zero-order valence-electron chi connectivity index (χ0n) is 10.4. The van der Waals surface area contributed by atoms with Gasteiger partial charge in [0.05, 0.1) is 18.7 Å². The fourth-order valence-corrected chi connectivity index (χ4v) is 1.92. The lowest BCUT2D eigenvalue weighted by atomic mass is 10.0. The zero-order valence-corrected chi connectivity index (χ0v) is 10.4. The number of aliphatic carboxylic acids is 1. The molecule has 1 aliphatic rings. The highest BCUT2D eigenvalue weighted by Gasteiger charge is 2.23. The summed E-state index contributed by atoms with van der Waals surface area (Å²) in [4.78, 5) is 27.2. The molecular formula is C13H16N2O4. The zero-order chi connectivity index (χ0) is 13.8. The summed E-state index contributed by atoms with van der Waals surface area (Å²) in [6.07, 6.45) is 0.810. The number of nitrogens with zero attached hydrogens (tertiary/aromatic N) is 1. The van der Waals surface area contributed by atoms with Gasteiger partial charge in [-0.25, -0.2) is 0 Å². The summed E-state index contributed by atoms with van der Waals surface area (Å²) in [6.45, 7) is 0.401. The molecule has 0 saturated carbocycles. The standard InChI is InChI=1S/C13H16N2O4/c14-11(5-6-13(17)18)9-1-3-10(4-2-9)15-12(16)7-8-19-15/h1-4,11H,5-8,14H2,(H,17,18). The SMILES string of the molecule is NC(CCC(=O)O)c1ccc(N2OCCC2=O)cc1. The highest BCUT2D eigenvalue weighted by molar-refractivity contribution is 5.92. The first-order valence-electron chi connectivity index (χ1n) is 6.11. The molecule has 1 fully saturated rings. The molecule has 1 unspecified atom stereocenters. The normalized spacial score (nSPS) is 16.7. The lowest BCUT2D eigenvalue weighted by Gasteiger charge is -2.16. The van der Waals surface area contributed by atoms with Crippen molar-refractivity contribution in [3.05, 3.63) is 29.8 Å². The van der Waals surface area contributed by atoms with Gasteiger partial charge in [0.1, 0.15) is 0 Å². The molecule has 1 aromatic rings. The Hall–Kier alpha value is -1.92. The van der Waals surface area contributed by atoms with Crippen molar-refractivity contribution in [3.63, 3.8) is 0 Å². The first-order chi connectivity index (χ1) is 9.08. The minimum Gasteiger partial charge on any atom is -0.481 e. The lowest BCUT2D eigenvalue weighted by molar-refractivity contribution is -0.137. The molecule has 1 heterocycles. The summed E-state index contributed by atoms with van der Waals surface area (Å²) in [6, 6.07) is 6.76. The van der Waals surface area contributed by atoms with Crippen LogP contribution in [0.4, 0.5) is 5.69 Å². The van der Waals surface area contributed by atoms with Crippen LogP contribution in [0.1, 0.15) is 30.9 Å². The second-order valence-electron chi connectivity index (χ2n) is 4.40. The monoisotopic (exact) mass is 264 g/mol. The molecule has 2 rings (SSSR count). The van der Waals surface area contributed by atoms with Gasteiger partial charge in [-0.05, 0) is 24.1 Å². The number of carbonyl (C=O) groups excluding carboxylic acids is 1. The Labute approximate surface area is 110 Å². The van der Waals surface area contributed by atoms with E-state index in [2.05, 4.69) is 0 Å². The van der Waals surface area contributed by atoms with E-state index < -0.39 is 5.97 Å². The number of carboxylic acid groups (broad SMARTS) is 1. The van der Waals surface area contributed by atoms with Gasteiger partial charge in [-0.3, -0.25) is 14.4 Å². The molecule has 0 bridgehead atoms. The molecule has 102 valence electrons. The number of anilines is 1. The fourth-order valence-electron chi connectivity index (χ4n) is 1.92. The highest BCUT2D eigenvalue weighted by Crippen LogP contribution is 2.23. The fraction of sp³-hybridized carbons (Fsp3) is 0.385. The molecule has 19 heavy (non-hydrogen) atoms. The second kappa shape index (κ2) is 5.81. The van der Waals surface area contributed by atoms with Gasteiger partial charge < -0.3 is 10.8 Å². The van der Waals surface area contributed by atoms with Crippen molar-refractivity contribution in [2.24, 2.45) is 5.73 Å². The third-order valence-corrected chi connectivity index (χ3v) is 2.99. The Morgan fingerprint density at radius 1 is 1.42 bits per heavy atom. The average Bonchev–Trinajstić information content (AvgIpc) is 2.82. The summed E-state index contributed by atoms with van der Waals surface area (Å²) in [5, 5.41) is 9.88. The van der Waals surface area contributed by atoms with E-state index >= 15 is 0 Å². The van der Waals surface area contributed by atoms with Gasteiger partial charge >= 0.3 is 5.97 Å². The molecule has 6 heteroatoms. The second-order valence-corrected chi connectivity index (χ2v) is 4.40. The Morgan fingerprint density at radius 2 is 2.11 bits per heavy atom. The van der Waals surface area contributed by atoms with E-state index in [0.29, 0.717) is 25.1 Å². The molecule has 1 amide bonds. The number of hydrogen-bond donors (Lipinski definition) is 2. The van der Waals surface area contributed by atoms with E-state index in [0.717, 1.165) is 5.56 Å². The Balaban J connectivity index is 2.01. The maximum Gasteiger partial charge on any atom is 0.303 e. The van der Waals surface area contributed by atoms with Gasteiger partial charge in [-0.1, -0.05) is 12.1 Å². The predicted molar refractivity (Wildman–Crippen MR) is 68.3 cm³/mol. The summed E-state index contributed by atoms with van der Waals surface area (Å²) in [7, 11) is 0. The van der Waals surface area contributed by atoms with Crippen LogP contribution in [0.2, 0.25) is 0 Å². The highest BCUT2D eigenvalue weighted by atomic mass is 16.7. The van der Waals surface area contributed by atoms with E-state index in [4.69, 9.17) is 15.7 Å². The van der Waals surface area contributed by atoms with Gasteiger partial charge in [0.15, 0.2) is 0 Å². The summed E-state index contributed by atoms with van der Waals surface area (Å²) >= 11 is 0. The Morgan fingerprint density at radius 3 is 2.63 bits per heavy atom. The predicted octanol–water partition coefficient (Wildman–Crippen LogP) is 1.22. The van der Waals surface area contributed by atoms with Crippen LogP contribution in [-0.2, 0) is 14.4 Å². The third-order valence-electron chi connectivity index (χ3n) is 2.99. The first-order valence-corrected chi connectivity index (χ1v) is 6.11. The van der Waals surface area contributed by atoms with Gasteiger partial charge in [0.2, 0.25) is 0 Å². The van der Waals surface area contributed by atoms with Crippen molar-refractivity contribution >= 4 is 17.6 Å². The number of hydrogen-bond acceptors (Lipinski definition) is 4. The maximum atomic E-state index is 11.5. The number of carbonyl (C=O) groups is 2. The van der Waals surface area contributed by atoms with Gasteiger partial charge in [-0.15, -0.1) is 0 Å². The molecule has 0 aliphatic carbocycles. The van der Waals surface area contributed by atoms with Crippen LogP contribution in [0.5, 0.6) is 0 Å². The molecule has 0 spiro atoms. The molecule has 1 aliphatic heterocycles. The van der Waals surface area contributed by atoms with Crippen LogP contribution >= 0.6 is 0 Å². The van der Waals surface area contributed by atoms with Crippen molar-refractivity contribution in [1.29, 1.82) is 0 Å². The van der Waals surface area contributed by atoms with E-state index in [9.17, 15) is 9.59 Å². The minimum absolute atomic E-state index is 0.0383. The van der Waals surface area contributed by atoms with E-state index in [1.165, 1.54) is 5.06 Å². The molecule has 0 radical (unpaired) electrons. The number of hydroxylamine groups is 1. The van der Waals surface area contributed by atoms with Gasteiger partial charge in [-0.2, -0.15) is 5.06 Å². The number of benzene rings is 1. The van der Waals surface area contributed by atoms with Gasteiger partial charge in [0, 0.05) is 12.5 Å². The summed E-state index contributed by atoms with van der Waals surface area (Å²) in [5.74, 6) is -0.925. The van der Waals surface area contributed by atoms with Crippen molar-refractivity contribution < 1.29 is 19.5 Å². The Bertz CT molecular complexity index is 472. The number of amides is 1. The molecule has 1 atom stereocenters. The molecular weight excluding hydrogens is 248 g/mol. The van der Waals surface area contributed by atoms with Crippen LogP contribution in [0.25, 0.3) is 0 Å². The van der Waals surface area contributed by atoms with Crippen LogP contribution in [0, 0.1) is 0 Å². The Kier molecular flexibility index (Phi) is 4.13. The van der Waals surface area contributed by atoms with Gasteiger partial charge in [0.25, 0.3) is 5.91 Å².